The molecule has 0 aliphatic heterocycles. The summed E-state index contributed by atoms with van der Waals surface area (Å²) in [5, 5.41) is 2.68. The van der Waals surface area contributed by atoms with Gasteiger partial charge in [0.2, 0.25) is 0 Å². The first-order valence-electron chi connectivity index (χ1n) is 9.35. The number of nitrogens with zero attached hydrogens (tertiary/aromatic N) is 2. The number of para-hydroxylation sites is 4. The van der Waals surface area contributed by atoms with Crippen LogP contribution in [0.25, 0.3) is 21.8 Å². The van der Waals surface area contributed by atoms with Crippen LogP contribution < -0.4 is 4.90 Å². The van der Waals surface area contributed by atoms with Gasteiger partial charge in [-0.2, -0.15) is 48.5 Å². The van der Waals surface area contributed by atoms with Crippen molar-refractivity contribution in [3.05, 3.63) is 109 Å². The maximum Gasteiger partial charge on any atom is 0.0488 e. The molecule has 1 heterocycles. The minimum Gasteiger partial charge on any atom is -0.391 e. The first kappa shape index (κ1) is 21.3. The molecule has 0 bridgehead atoms. The first-order valence-corrected chi connectivity index (χ1v) is 9.35. The van der Waals surface area contributed by atoms with E-state index in [9.17, 15) is 0 Å². The van der Waals surface area contributed by atoms with Gasteiger partial charge in [-0.3, -0.25) is 0 Å². The van der Waals surface area contributed by atoms with Gasteiger partial charge in [0.15, 0.2) is 0 Å². The molecule has 3 heteroatoms. The van der Waals surface area contributed by atoms with E-state index in [1.165, 1.54) is 21.8 Å². The average Bonchev–Trinajstić information content (AvgIpc) is 3.08. The summed E-state index contributed by atoms with van der Waals surface area (Å²) in [5.41, 5.74) is 4.70. The second-order valence-electron chi connectivity index (χ2n) is 6.65. The largest absolute Gasteiger partial charge is 0.391 e. The number of anilines is 2. The molecule has 1 aromatic heterocycles. The molecule has 141 valence electrons. The molecule has 5 aromatic rings. The summed E-state index contributed by atoms with van der Waals surface area (Å²) >= 11 is 0. The smallest absolute Gasteiger partial charge is 0.0488 e. The van der Waals surface area contributed by atoms with E-state index in [4.69, 9.17) is 0 Å². The average molecular weight is 451 g/mol. The van der Waals surface area contributed by atoms with Gasteiger partial charge in [-0.05, 0) is 12.1 Å². The minimum absolute atomic E-state index is 0. The van der Waals surface area contributed by atoms with E-state index in [0.29, 0.717) is 0 Å². The van der Waals surface area contributed by atoms with Crippen LogP contribution >= 0.6 is 0 Å². The maximum absolute atomic E-state index is 3.17. The Morgan fingerprint density at radius 3 is 1.45 bits per heavy atom. The Balaban J connectivity index is 0.000000160. The van der Waals surface area contributed by atoms with Crippen LogP contribution in [-0.2, 0) is 39.8 Å². The normalized spacial score (nSPS) is 10.1. The summed E-state index contributed by atoms with van der Waals surface area (Å²) in [7, 11) is 4.13. The fourth-order valence-corrected chi connectivity index (χ4v) is 3.43. The molecule has 0 fully saturated rings. The van der Waals surface area contributed by atoms with Crippen LogP contribution in [0, 0.1) is 12.1 Å². The molecule has 0 saturated carbocycles. The van der Waals surface area contributed by atoms with Crippen LogP contribution in [0.2, 0.25) is 0 Å². The van der Waals surface area contributed by atoms with Crippen LogP contribution in [0.1, 0.15) is 0 Å². The van der Waals surface area contributed by atoms with Gasteiger partial charge in [-0.15, -0.1) is 12.1 Å². The van der Waals surface area contributed by atoms with Gasteiger partial charge in [0.1, 0.15) is 0 Å². The van der Waals surface area contributed by atoms with Crippen molar-refractivity contribution in [2.75, 3.05) is 11.9 Å². The molecule has 2 nitrogen and oxygen atoms in total. The van der Waals surface area contributed by atoms with Gasteiger partial charge in [0.25, 0.3) is 0 Å². The van der Waals surface area contributed by atoms with Crippen LogP contribution in [0.3, 0.4) is 0 Å². The SMILES string of the molecule is CN(c1[c-]cccc1)c1[c-]cccc1.Cn1c2ccccc2c2ccccc21.[Y]. The zero-order valence-electron chi connectivity index (χ0n) is 16.7. The second-order valence-corrected chi connectivity index (χ2v) is 6.65. The zero-order chi connectivity index (χ0) is 19.3. The number of aromatic nitrogens is 1. The fraction of sp³-hybridized carbons (Fsp3) is 0.0769. The fourth-order valence-electron chi connectivity index (χ4n) is 3.43. The Hall–Kier alpha value is -2.42. The van der Waals surface area contributed by atoms with Crippen LogP contribution in [0.4, 0.5) is 11.4 Å². The Bertz CT molecular complexity index is 1090. The van der Waals surface area contributed by atoms with Gasteiger partial charge in [0.05, 0.1) is 0 Å². The molecule has 5 rings (SSSR count). The van der Waals surface area contributed by atoms with Gasteiger partial charge in [0, 0.05) is 68.6 Å². The Labute approximate surface area is 197 Å². The Kier molecular flexibility index (Phi) is 7.25. The molecule has 0 saturated heterocycles. The van der Waals surface area contributed by atoms with E-state index < -0.39 is 0 Å². The molecular formula is C26H22N2Y-2. The van der Waals surface area contributed by atoms with E-state index in [2.05, 4.69) is 77.2 Å². The topological polar surface area (TPSA) is 8.17 Å². The van der Waals surface area contributed by atoms with Crippen LogP contribution in [-0.4, -0.2) is 11.6 Å². The van der Waals surface area contributed by atoms with Crippen molar-refractivity contribution in [2.45, 2.75) is 0 Å². The predicted octanol–water partition coefficient (Wildman–Crippen LogP) is 6.38. The molecule has 0 amide bonds. The Morgan fingerprint density at radius 1 is 0.621 bits per heavy atom. The Morgan fingerprint density at radius 2 is 1.03 bits per heavy atom. The number of aryl methyl sites for hydroxylation is 1. The van der Waals surface area contributed by atoms with E-state index in [0.717, 1.165) is 11.4 Å². The van der Waals surface area contributed by atoms with Crippen molar-refractivity contribution >= 4 is 33.2 Å². The monoisotopic (exact) mass is 451 g/mol. The van der Waals surface area contributed by atoms with E-state index >= 15 is 0 Å². The van der Waals surface area contributed by atoms with Crippen molar-refractivity contribution in [3.8, 4) is 0 Å². The standard InChI is InChI=1S/2C13H11N.Y/c1-14-12-8-4-2-6-10(12)11-7-3-5-9-13(11)14;1-14(12-8-4-2-5-9-12)13-10-6-3-7-11-13;/h2-9H,1H3;2-8,10H,1H3;/q;-2;. The van der Waals surface area contributed by atoms with Gasteiger partial charge >= 0.3 is 0 Å². The molecule has 0 unspecified atom stereocenters. The number of hydrogen-bond donors (Lipinski definition) is 0. The second kappa shape index (κ2) is 9.87. The first-order chi connectivity index (χ1) is 13.8. The number of benzene rings is 4. The van der Waals surface area contributed by atoms with Crippen LogP contribution in [0.15, 0.2) is 97.1 Å². The predicted molar refractivity (Wildman–Crippen MR) is 119 cm³/mol. The molecule has 1 radical (unpaired) electrons. The molecule has 0 N–H and O–H groups in total. The van der Waals surface area contributed by atoms with E-state index in [1.807, 2.05) is 55.6 Å². The van der Waals surface area contributed by atoms with Gasteiger partial charge in [-0.25, -0.2) is 0 Å². The quantitative estimate of drug-likeness (QED) is 0.283. The van der Waals surface area contributed by atoms with Crippen molar-refractivity contribution < 1.29 is 32.7 Å². The third-order valence-electron chi connectivity index (χ3n) is 4.93. The van der Waals surface area contributed by atoms with E-state index in [1.54, 1.807) is 0 Å². The van der Waals surface area contributed by atoms with Crippen molar-refractivity contribution in [3.63, 3.8) is 0 Å². The number of hydrogen-bond acceptors (Lipinski definition) is 1. The molecule has 0 aliphatic carbocycles. The third-order valence-corrected chi connectivity index (χ3v) is 4.93. The number of fused-ring (bicyclic) bond motifs is 3. The van der Waals surface area contributed by atoms with Crippen molar-refractivity contribution in [1.82, 2.24) is 4.57 Å². The van der Waals surface area contributed by atoms with Gasteiger partial charge < -0.3 is 9.47 Å². The molecule has 29 heavy (non-hydrogen) atoms. The molecular weight excluding hydrogens is 429 g/mol. The summed E-state index contributed by atoms with van der Waals surface area (Å²) in [4.78, 5) is 2.06. The summed E-state index contributed by atoms with van der Waals surface area (Å²) in [6.07, 6.45) is 0. The van der Waals surface area contributed by atoms with Crippen LogP contribution in [0.5, 0.6) is 0 Å². The summed E-state index contributed by atoms with van der Waals surface area (Å²) in [6.45, 7) is 0. The number of rotatable bonds is 2. The molecule has 0 aliphatic rings. The summed E-state index contributed by atoms with van der Waals surface area (Å²) in [6, 6.07) is 39.2. The zero-order valence-corrected chi connectivity index (χ0v) is 19.5. The molecule has 0 spiro atoms. The minimum atomic E-state index is 0. The van der Waals surface area contributed by atoms with Gasteiger partial charge in [-0.1, -0.05) is 47.8 Å². The summed E-state index contributed by atoms with van der Waals surface area (Å²) in [5.74, 6) is 0. The molecule has 4 aromatic carbocycles. The van der Waals surface area contributed by atoms with E-state index in [-0.39, 0.29) is 32.7 Å². The third kappa shape index (κ3) is 4.61. The summed E-state index contributed by atoms with van der Waals surface area (Å²) < 4.78 is 2.24. The molecule has 0 atom stereocenters. The van der Waals surface area contributed by atoms with Crippen molar-refractivity contribution in [1.29, 1.82) is 0 Å². The maximum atomic E-state index is 3.17. The van der Waals surface area contributed by atoms with Crippen molar-refractivity contribution in [2.24, 2.45) is 7.05 Å².